The van der Waals surface area contributed by atoms with Crippen LogP contribution >= 0.6 is 11.3 Å². The van der Waals surface area contributed by atoms with E-state index in [1.54, 1.807) is 0 Å². The van der Waals surface area contributed by atoms with Crippen LogP contribution in [0.1, 0.15) is 0 Å². The Morgan fingerprint density at radius 3 is 2.06 bits per heavy atom. The first-order valence-corrected chi connectivity index (χ1v) is 17.1. The van der Waals surface area contributed by atoms with Crippen LogP contribution in [0.5, 0.6) is 0 Å². The molecule has 0 aliphatic heterocycles. The number of hydrogen-bond donors (Lipinski definition) is 0. The van der Waals surface area contributed by atoms with Crippen molar-refractivity contribution in [1.82, 2.24) is 14.5 Å². The third-order valence-electron chi connectivity index (χ3n) is 9.95. The molecule has 3 aromatic heterocycles. The third-order valence-corrected chi connectivity index (χ3v) is 11.2. The highest BCUT2D eigenvalue weighted by molar-refractivity contribution is 7.23. The number of nitrogens with zero attached hydrogens (tertiary/aromatic N) is 3. The van der Waals surface area contributed by atoms with Crippen molar-refractivity contribution in [2.24, 2.45) is 0 Å². The molecule has 0 bridgehead atoms. The van der Waals surface area contributed by atoms with Crippen LogP contribution in [0.3, 0.4) is 0 Å². The number of para-hydroxylation sites is 2. The Kier molecular flexibility index (Phi) is 5.26. The summed E-state index contributed by atoms with van der Waals surface area (Å²) < 4.78 is 3.55. The minimum Gasteiger partial charge on any atom is -0.278 e. The lowest BCUT2D eigenvalue weighted by atomic mass is 9.98. The van der Waals surface area contributed by atoms with Gasteiger partial charge >= 0.3 is 0 Å². The van der Waals surface area contributed by atoms with Crippen molar-refractivity contribution in [2.75, 3.05) is 0 Å². The maximum absolute atomic E-state index is 5.24. The van der Waals surface area contributed by atoms with E-state index in [1.165, 1.54) is 64.3 Å². The lowest BCUT2D eigenvalue weighted by molar-refractivity contribution is 1.01. The summed E-state index contributed by atoms with van der Waals surface area (Å²) in [7, 11) is 0. The second-order valence-electron chi connectivity index (χ2n) is 12.6. The molecule has 10 aromatic rings. The summed E-state index contributed by atoms with van der Waals surface area (Å²) >= 11 is 1.91. The quantitative estimate of drug-likeness (QED) is 0.195. The Bertz CT molecular complexity index is 2950. The monoisotopic (exact) mass is 627 g/mol. The summed E-state index contributed by atoms with van der Waals surface area (Å²) in [6, 6.07) is 54.5. The summed E-state index contributed by atoms with van der Waals surface area (Å²) in [6.45, 7) is 0. The first kappa shape index (κ1) is 26.0. The predicted octanol–water partition coefficient (Wildman–Crippen LogP) is 12.1. The van der Waals surface area contributed by atoms with Gasteiger partial charge in [-0.2, -0.15) is 0 Å². The molecule has 0 saturated heterocycles. The van der Waals surface area contributed by atoms with Gasteiger partial charge in [-0.1, -0.05) is 115 Å². The fourth-order valence-corrected chi connectivity index (χ4v) is 9.05. The maximum Gasteiger partial charge on any atom is 0.235 e. The molecule has 0 spiro atoms. The fourth-order valence-electron chi connectivity index (χ4n) is 7.82. The number of benzene rings is 7. The van der Waals surface area contributed by atoms with Crippen LogP contribution in [-0.2, 0) is 0 Å². The van der Waals surface area contributed by atoms with E-state index in [0.717, 1.165) is 33.2 Å². The van der Waals surface area contributed by atoms with Gasteiger partial charge in [-0.3, -0.25) is 4.57 Å². The molecule has 11 rings (SSSR count). The number of hydrogen-bond acceptors (Lipinski definition) is 3. The van der Waals surface area contributed by atoms with Crippen molar-refractivity contribution < 1.29 is 0 Å². The standard InChI is InChI=1S/C44H25N3S/c1-2-10-27(11-3-1)42-31-15-4-6-18-36(31)45-44(46-42)47-37-19-7-5-14-30(37)34-24-28(20-22-38(34)47)29-21-23-39-35(25-29)41-32-16-8-12-26-13-9-17-33(40(26)32)43(41)48-39/h1-25H. The Morgan fingerprint density at radius 1 is 0.479 bits per heavy atom. The van der Waals surface area contributed by atoms with E-state index in [-0.39, 0.29) is 0 Å². The molecule has 0 radical (unpaired) electrons. The third kappa shape index (κ3) is 3.58. The van der Waals surface area contributed by atoms with Crippen molar-refractivity contribution in [3.05, 3.63) is 152 Å². The number of fused-ring (bicyclic) bond motifs is 9. The molecule has 0 unspecified atom stereocenters. The van der Waals surface area contributed by atoms with E-state index in [4.69, 9.17) is 9.97 Å². The Labute approximate surface area is 280 Å². The average Bonchev–Trinajstić information content (AvgIpc) is 3.79. The van der Waals surface area contributed by atoms with Crippen LogP contribution < -0.4 is 0 Å². The van der Waals surface area contributed by atoms with Crippen LogP contribution in [0.4, 0.5) is 0 Å². The SMILES string of the molecule is c1ccc(-c2nc(-n3c4ccccc4c4cc(-c5ccc6sc7c(c6c5)-c5cccc6cccc-7c56)ccc43)nc3ccccc23)cc1. The zero-order valence-corrected chi connectivity index (χ0v) is 26.5. The first-order valence-electron chi connectivity index (χ1n) is 16.3. The average molecular weight is 628 g/mol. The van der Waals surface area contributed by atoms with Crippen LogP contribution in [0.25, 0.3) is 103 Å². The molecule has 7 aromatic carbocycles. The maximum atomic E-state index is 5.24. The smallest absolute Gasteiger partial charge is 0.235 e. The van der Waals surface area contributed by atoms with Crippen molar-refractivity contribution in [3.63, 3.8) is 0 Å². The normalized spacial score (nSPS) is 12.2. The Hall–Kier alpha value is -6.10. The number of rotatable bonds is 3. The molecule has 1 aliphatic carbocycles. The topological polar surface area (TPSA) is 30.7 Å². The highest BCUT2D eigenvalue weighted by Gasteiger charge is 2.26. The van der Waals surface area contributed by atoms with Gasteiger partial charge in [-0.25, -0.2) is 9.97 Å². The van der Waals surface area contributed by atoms with Crippen LogP contribution in [0.15, 0.2) is 152 Å². The Morgan fingerprint density at radius 2 is 1.19 bits per heavy atom. The Balaban J connectivity index is 1.12. The van der Waals surface area contributed by atoms with Gasteiger partial charge in [0.05, 0.1) is 22.2 Å². The van der Waals surface area contributed by atoms with Crippen molar-refractivity contribution in [3.8, 4) is 49.9 Å². The van der Waals surface area contributed by atoms with Crippen LogP contribution in [0, 0.1) is 0 Å². The van der Waals surface area contributed by atoms with Crippen LogP contribution in [0.2, 0.25) is 0 Å². The van der Waals surface area contributed by atoms with Crippen LogP contribution in [-0.4, -0.2) is 14.5 Å². The van der Waals surface area contributed by atoms with Gasteiger partial charge in [-0.15, -0.1) is 11.3 Å². The minimum absolute atomic E-state index is 0.676. The summed E-state index contributed by atoms with van der Waals surface area (Å²) in [5.74, 6) is 0.676. The summed E-state index contributed by atoms with van der Waals surface area (Å²) in [6.07, 6.45) is 0. The number of thiophene rings is 1. The number of aromatic nitrogens is 3. The van der Waals surface area contributed by atoms with E-state index in [2.05, 4.69) is 144 Å². The van der Waals surface area contributed by atoms with E-state index >= 15 is 0 Å². The van der Waals surface area contributed by atoms with Crippen molar-refractivity contribution in [1.29, 1.82) is 0 Å². The van der Waals surface area contributed by atoms with E-state index in [0.29, 0.717) is 5.95 Å². The molecule has 1 aliphatic rings. The zero-order valence-electron chi connectivity index (χ0n) is 25.7. The lowest BCUT2D eigenvalue weighted by Crippen LogP contribution is -2.03. The molecule has 3 nitrogen and oxygen atoms in total. The second-order valence-corrected chi connectivity index (χ2v) is 13.6. The summed E-state index contributed by atoms with van der Waals surface area (Å²) in [5, 5.41) is 7.45. The highest BCUT2D eigenvalue weighted by atomic mass is 32.1. The molecule has 0 saturated carbocycles. The summed E-state index contributed by atoms with van der Waals surface area (Å²) in [4.78, 5) is 11.8. The zero-order chi connectivity index (χ0) is 31.3. The largest absolute Gasteiger partial charge is 0.278 e. The van der Waals surface area contributed by atoms with Gasteiger partial charge in [0.1, 0.15) is 0 Å². The fraction of sp³-hybridized carbons (Fsp3) is 0. The molecular formula is C44H25N3S. The molecule has 48 heavy (non-hydrogen) atoms. The molecule has 0 atom stereocenters. The van der Waals surface area contributed by atoms with Crippen molar-refractivity contribution in [2.45, 2.75) is 0 Å². The molecule has 222 valence electrons. The molecule has 0 fully saturated rings. The minimum atomic E-state index is 0.676. The van der Waals surface area contributed by atoms with E-state index < -0.39 is 0 Å². The first-order chi connectivity index (χ1) is 23.8. The van der Waals surface area contributed by atoms with E-state index in [1.807, 2.05) is 23.5 Å². The van der Waals surface area contributed by atoms with Gasteiger partial charge < -0.3 is 0 Å². The van der Waals surface area contributed by atoms with Gasteiger partial charge in [0.25, 0.3) is 0 Å². The van der Waals surface area contributed by atoms with E-state index in [9.17, 15) is 0 Å². The van der Waals surface area contributed by atoms with Gasteiger partial charge in [0.2, 0.25) is 5.95 Å². The van der Waals surface area contributed by atoms with Gasteiger partial charge in [0.15, 0.2) is 0 Å². The lowest BCUT2D eigenvalue weighted by Gasteiger charge is -2.12. The molecular weight excluding hydrogens is 603 g/mol. The molecule has 0 amide bonds. The predicted molar refractivity (Wildman–Crippen MR) is 202 cm³/mol. The molecule has 3 heterocycles. The second kappa shape index (κ2) is 9.71. The summed E-state index contributed by atoms with van der Waals surface area (Å²) in [5.41, 5.74) is 11.6. The van der Waals surface area contributed by atoms with Crippen molar-refractivity contribution >= 4 is 64.9 Å². The van der Waals surface area contributed by atoms with Gasteiger partial charge in [0, 0.05) is 47.8 Å². The molecule has 0 N–H and O–H groups in total. The van der Waals surface area contributed by atoms with Gasteiger partial charge in [-0.05, 0) is 63.9 Å². The molecule has 4 heteroatoms. The highest BCUT2D eigenvalue weighted by Crippen LogP contribution is 2.54.